The first kappa shape index (κ1) is 18.3. The van der Waals surface area contributed by atoms with Gasteiger partial charge in [0, 0.05) is 25.2 Å². The molecule has 0 unspecified atom stereocenters. The topological polar surface area (TPSA) is 23.5 Å². The molecule has 134 valence electrons. The van der Waals surface area contributed by atoms with Crippen molar-refractivity contribution in [3.8, 4) is 0 Å². The minimum Gasteiger partial charge on any atom is -0.391 e. The Morgan fingerprint density at radius 1 is 0.731 bits per heavy atom. The molecule has 1 atom stereocenters. The molecule has 1 N–H and O–H groups in total. The summed E-state index contributed by atoms with van der Waals surface area (Å²) in [6.45, 7) is 1.62. The van der Waals surface area contributed by atoms with Gasteiger partial charge in [0.1, 0.15) is 5.82 Å². The molecule has 0 bridgehead atoms. The van der Waals surface area contributed by atoms with Gasteiger partial charge in [-0.15, -0.1) is 0 Å². The first-order valence-electron chi connectivity index (χ1n) is 8.92. The van der Waals surface area contributed by atoms with Crippen molar-refractivity contribution in [2.75, 3.05) is 6.54 Å². The Bertz CT molecular complexity index is 792. The number of hydrogen-bond acceptors (Lipinski definition) is 2. The second kappa shape index (κ2) is 9.27. The number of hydrogen-bond donors (Lipinski definition) is 1. The second-order valence-electron chi connectivity index (χ2n) is 6.59. The lowest BCUT2D eigenvalue weighted by Crippen LogP contribution is -2.33. The summed E-state index contributed by atoms with van der Waals surface area (Å²) in [6, 6.07) is 26.9. The van der Waals surface area contributed by atoms with Crippen LogP contribution in [0.4, 0.5) is 4.39 Å². The zero-order valence-electron chi connectivity index (χ0n) is 14.8. The summed E-state index contributed by atoms with van der Waals surface area (Å²) < 4.78 is 14.1. The van der Waals surface area contributed by atoms with Gasteiger partial charge in [-0.05, 0) is 23.6 Å². The molecule has 0 saturated carbocycles. The summed E-state index contributed by atoms with van der Waals surface area (Å²) in [5.41, 5.74) is 2.90. The van der Waals surface area contributed by atoms with Crippen LogP contribution in [0.15, 0.2) is 84.9 Å². The molecule has 3 aromatic carbocycles. The van der Waals surface area contributed by atoms with E-state index < -0.39 is 6.10 Å². The zero-order chi connectivity index (χ0) is 18.2. The number of aliphatic hydroxyl groups is 1. The molecule has 0 aromatic heterocycles. The minimum absolute atomic E-state index is 0.205. The van der Waals surface area contributed by atoms with Crippen molar-refractivity contribution in [1.29, 1.82) is 0 Å². The van der Waals surface area contributed by atoms with E-state index in [1.807, 2.05) is 54.6 Å². The largest absolute Gasteiger partial charge is 0.391 e. The molecule has 0 aliphatic rings. The van der Waals surface area contributed by atoms with Gasteiger partial charge in [0.2, 0.25) is 0 Å². The minimum atomic E-state index is -0.507. The summed E-state index contributed by atoms with van der Waals surface area (Å²) in [5, 5.41) is 10.6. The van der Waals surface area contributed by atoms with Gasteiger partial charge in [0.15, 0.2) is 0 Å². The lowest BCUT2D eigenvalue weighted by molar-refractivity contribution is 0.104. The lowest BCUT2D eigenvalue weighted by atomic mass is 10.1. The maximum Gasteiger partial charge on any atom is 0.127 e. The molecule has 0 fully saturated rings. The summed E-state index contributed by atoms with van der Waals surface area (Å²) in [5.74, 6) is -0.205. The molecule has 0 aliphatic carbocycles. The van der Waals surface area contributed by atoms with Crippen LogP contribution in [0.3, 0.4) is 0 Å². The van der Waals surface area contributed by atoms with Crippen LogP contribution in [0.25, 0.3) is 0 Å². The zero-order valence-corrected chi connectivity index (χ0v) is 14.8. The van der Waals surface area contributed by atoms with Crippen LogP contribution in [0.2, 0.25) is 0 Å². The quantitative estimate of drug-likeness (QED) is 0.650. The maximum absolute atomic E-state index is 14.1. The van der Waals surface area contributed by atoms with Crippen molar-refractivity contribution in [2.24, 2.45) is 0 Å². The second-order valence-corrected chi connectivity index (χ2v) is 6.59. The molecule has 3 rings (SSSR count). The highest BCUT2D eigenvalue weighted by Gasteiger charge is 2.15. The fraction of sp³-hybridized carbons (Fsp3) is 0.217. The van der Waals surface area contributed by atoms with Gasteiger partial charge in [-0.25, -0.2) is 4.39 Å². The van der Waals surface area contributed by atoms with E-state index in [9.17, 15) is 9.50 Å². The van der Waals surface area contributed by atoms with Crippen LogP contribution >= 0.6 is 0 Å². The smallest absolute Gasteiger partial charge is 0.127 e. The molecule has 3 aromatic rings. The highest BCUT2D eigenvalue weighted by Crippen LogP contribution is 2.14. The lowest BCUT2D eigenvalue weighted by Gasteiger charge is -2.25. The standard InChI is InChI=1S/C23H24FNO/c24-23-14-8-7-13-21(23)17-25(16-20-11-5-2-6-12-20)18-22(26)15-19-9-3-1-4-10-19/h1-14,22,26H,15-18H2/t22-/m0/s1. The van der Waals surface area contributed by atoms with Gasteiger partial charge >= 0.3 is 0 Å². The highest BCUT2D eigenvalue weighted by atomic mass is 19.1. The Kier molecular flexibility index (Phi) is 6.53. The Labute approximate surface area is 154 Å². The van der Waals surface area contributed by atoms with Crippen LogP contribution in [0.5, 0.6) is 0 Å². The van der Waals surface area contributed by atoms with E-state index in [1.165, 1.54) is 6.07 Å². The molecule has 0 spiro atoms. The van der Waals surface area contributed by atoms with Gasteiger partial charge in [0.05, 0.1) is 6.10 Å². The average Bonchev–Trinajstić information content (AvgIpc) is 2.65. The summed E-state index contributed by atoms with van der Waals surface area (Å²) >= 11 is 0. The Morgan fingerprint density at radius 3 is 1.96 bits per heavy atom. The average molecular weight is 349 g/mol. The van der Waals surface area contributed by atoms with E-state index in [0.717, 1.165) is 11.1 Å². The van der Waals surface area contributed by atoms with E-state index in [4.69, 9.17) is 0 Å². The van der Waals surface area contributed by atoms with E-state index in [-0.39, 0.29) is 5.82 Å². The summed E-state index contributed by atoms with van der Waals surface area (Å²) in [4.78, 5) is 2.10. The molecule has 0 saturated heterocycles. The number of halogens is 1. The fourth-order valence-electron chi connectivity index (χ4n) is 3.14. The van der Waals surface area contributed by atoms with E-state index >= 15 is 0 Å². The summed E-state index contributed by atoms with van der Waals surface area (Å²) in [6.07, 6.45) is 0.0801. The van der Waals surface area contributed by atoms with Crippen LogP contribution in [0.1, 0.15) is 16.7 Å². The maximum atomic E-state index is 14.1. The van der Waals surface area contributed by atoms with Gasteiger partial charge < -0.3 is 5.11 Å². The van der Waals surface area contributed by atoms with Crippen LogP contribution in [-0.2, 0) is 19.5 Å². The normalized spacial score (nSPS) is 12.3. The predicted octanol–water partition coefficient (Wildman–Crippen LogP) is 4.43. The van der Waals surface area contributed by atoms with Crippen LogP contribution in [0, 0.1) is 5.82 Å². The monoisotopic (exact) mass is 349 g/mol. The predicted molar refractivity (Wildman–Crippen MR) is 103 cm³/mol. The number of nitrogens with zero attached hydrogens (tertiary/aromatic N) is 1. The summed E-state index contributed by atoms with van der Waals surface area (Å²) in [7, 11) is 0. The molecule has 26 heavy (non-hydrogen) atoms. The van der Waals surface area contributed by atoms with Crippen molar-refractivity contribution in [3.05, 3.63) is 107 Å². The van der Waals surface area contributed by atoms with Crippen molar-refractivity contribution >= 4 is 0 Å². The van der Waals surface area contributed by atoms with Crippen LogP contribution < -0.4 is 0 Å². The number of rotatable bonds is 8. The molecule has 3 heteroatoms. The third kappa shape index (κ3) is 5.51. The van der Waals surface area contributed by atoms with E-state index in [2.05, 4.69) is 17.0 Å². The first-order chi connectivity index (χ1) is 12.7. The molecule has 0 heterocycles. The van der Waals surface area contributed by atoms with Crippen molar-refractivity contribution in [2.45, 2.75) is 25.6 Å². The van der Waals surface area contributed by atoms with Crippen molar-refractivity contribution < 1.29 is 9.50 Å². The Hall–Kier alpha value is -2.49. The molecule has 0 amide bonds. The fourth-order valence-corrected chi connectivity index (χ4v) is 3.14. The van der Waals surface area contributed by atoms with Gasteiger partial charge in [0.25, 0.3) is 0 Å². The van der Waals surface area contributed by atoms with E-state index in [1.54, 1.807) is 12.1 Å². The van der Waals surface area contributed by atoms with Gasteiger partial charge in [-0.3, -0.25) is 4.90 Å². The molecule has 0 radical (unpaired) electrons. The molecular weight excluding hydrogens is 325 g/mol. The molecule has 0 aliphatic heterocycles. The number of aliphatic hydroxyl groups excluding tert-OH is 1. The Morgan fingerprint density at radius 2 is 1.31 bits per heavy atom. The molecular formula is C23H24FNO. The van der Waals surface area contributed by atoms with E-state index in [0.29, 0.717) is 31.6 Å². The number of benzene rings is 3. The first-order valence-corrected chi connectivity index (χ1v) is 8.92. The van der Waals surface area contributed by atoms with Gasteiger partial charge in [-0.1, -0.05) is 78.9 Å². The van der Waals surface area contributed by atoms with Crippen molar-refractivity contribution in [1.82, 2.24) is 4.90 Å². The third-order valence-corrected chi connectivity index (χ3v) is 4.38. The van der Waals surface area contributed by atoms with Gasteiger partial charge in [-0.2, -0.15) is 0 Å². The molecule has 2 nitrogen and oxygen atoms in total. The SMILES string of the molecule is O[C@@H](Cc1ccccc1)CN(Cc1ccccc1)Cc1ccccc1F. The van der Waals surface area contributed by atoms with Crippen LogP contribution in [-0.4, -0.2) is 22.7 Å². The van der Waals surface area contributed by atoms with Crippen molar-refractivity contribution in [3.63, 3.8) is 0 Å². The Balaban J connectivity index is 1.70. The third-order valence-electron chi connectivity index (χ3n) is 4.38. The highest BCUT2D eigenvalue weighted by molar-refractivity contribution is 5.19.